The fourth-order valence-corrected chi connectivity index (χ4v) is 5.56. The van der Waals surface area contributed by atoms with Gasteiger partial charge in [-0.1, -0.05) is 46.8 Å². The number of carbonyl (C=O) groups is 1. The minimum Gasteiger partial charge on any atom is -0.293 e. The quantitative estimate of drug-likeness (QED) is 0.274. The minimum atomic E-state index is 0.132. The summed E-state index contributed by atoms with van der Waals surface area (Å²) >= 11 is 14.2. The molecule has 0 bridgehead atoms. The van der Waals surface area contributed by atoms with Gasteiger partial charge in [0.2, 0.25) is 0 Å². The summed E-state index contributed by atoms with van der Waals surface area (Å²) in [6, 6.07) is 13.5. The van der Waals surface area contributed by atoms with Gasteiger partial charge in [0.1, 0.15) is 0 Å². The van der Waals surface area contributed by atoms with Crippen LogP contribution in [0.5, 0.6) is 0 Å². The van der Waals surface area contributed by atoms with E-state index in [9.17, 15) is 4.79 Å². The van der Waals surface area contributed by atoms with Gasteiger partial charge < -0.3 is 0 Å². The van der Waals surface area contributed by atoms with Gasteiger partial charge in [-0.05, 0) is 79.4 Å². The second kappa shape index (κ2) is 8.27. The van der Waals surface area contributed by atoms with E-state index >= 15 is 0 Å². The molecule has 0 spiro atoms. The molecule has 1 aromatic heterocycles. The molecular formula is C20H17ClN2OS3. The van der Waals surface area contributed by atoms with E-state index in [1.165, 1.54) is 47.1 Å². The molecule has 0 radical (unpaired) electrons. The van der Waals surface area contributed by atoms with Gasteiger partial charge in [0, 0.05) is 10.6 Å². The van der Waals surface area contributed by atoms with Crippen molar-refractivity contribution < 1.29 is 4.79 Å². The number of fused-ring (bicyclic) bond motifs is 1. The number of aromatic nitrogens is 2. The zero-order valence-electron chi connectivity index (χ0n) is 14.5. The van der Waals surface area contributed by atoms with Crippen LogP contribution in [0.3, 0.4) is 0 Å². The summed E-state index contributed by atoms with van der Waals surface area (Å²) in [6.45, 7) is 0. The highest BCUT2D eigenvalue weighted by Gasteiger charge is 2.14. The smallest absolute Gasteiger partial charge is 0.184 e. The number of aryl methyl sites for hydroxylation is 2. The first kappa shape index (κ1) is 18.9. The Bertz CT molecular complexity index is 1040. The van der Waals surface area contributed by atoms with Crippen LogP contribution in [-0.4, -0.2) is 21.3 Å². The van der Waals surface area contributed by atoms with Crippen LogP contribution >= 0.6 is 46.9 Å². The summed E-state index contributed by atoms with van der Waals surface area (Å²) in [5, 5.41) is 5.22. The lowest BCUT2D eigenvalue weighted by Crippen LogP contribution is -2.07. The van der Waals surface area contributed by atoms with Crippen molar-refractivity contribution in [1.82, 2.24) is 9.78 Å². The SMILES string of the molecule is O=C(CSc1nn(-c2ccc(Cl)cc2)c(=S)s1)c1ccc2c(c1)CCCC2. The molecule has 1 heterocycles. The number of Topliss-reactive ketones (excluding diaryl/α,β-unsaturated/α-hetero) is 1. The molecular weight excluding hydrogens is 416 g/mol. The van der Waals surface area contributed by atoms with Crippen molar-refractivity contribution in [2.24, 2.45) is 0 Å². The van der Waals surface area contributed by atoms with Crippen LogP contribution in [0.25, 0.3) is 5.69 Å². The third-order valence-corrected chi connectivity index (χ3v) is 7.22. The van der Waals surface area contributed by atoms with Crippen LogP contribution in [0.4, 0.5) is 0 Å². The lowest BCUT2D eigenvalue weighted by atomic mass is 9.90. The molecule has 0 N–H and O–H groups in total. The molecule has 0 atom stereocenters. The zero-order valence-corrected chi connectivity index (χ0v) is 17.7. The van der Waals surface area contributed by atoms with Gasteiger partial charge in [0.25, 0.3) is 0 Å². The summed E-state index contributed by atoms with van der Waals surface area (Å²) in [5.74, 6) is 0.495. The fourth-order valence-electron chi connectivity index (χ4n) is 3.18. The molecule has 3 aromatic rings. The Labute approximate surface area is 176 Å². The Kier molecular flexibility index (Phi) is 5.78. The number of carbonyl (C=O) groups excluding carboxylic acids is 1. The number of halogens is 1. The van der Waals surface area contributed by atoms with E-state index in [4.69, 9.17) is 23.8 Å². The second-order valence-electron chi connectivity index (χ2n) is 6.42. The number of hydrogen-bond donors (Lipinski definition) is 0. The van der Waals surface area contributed by atoms with Gasteiger partial charge in [-0.3, -0.25) is 4.79 Å². The Morgan fingerprint density at radius 1 is 1.15 bits per heavy atom. The Morgan fingerprint density at radius 2 is 1.89 bits per heavy atom. The predicted molar refractivity (Wildman–Crippen MR) is 115 cm³/mol. The van der Waals surface area contributed by atoms with E-state index in [-0.39, 0.29) is 5.78 Å². The van der Waals surface area contributed by atoms with E-state index < -0.39 is 0 Å². The standard InChI is InChI=1S/C20H17ClN2OS3/c21-16-7-9-17(10-8-16)23-20(25)27-19(22-23)26-12-18(24)15-6-5-13-3-1-2-4-14(13)11-15/h5-11H,1-4,12H2. The highest BCUT2D eigenvalue weighted by atomic mass is 35.5. The highest BCUT2D eigenvalue weighted by molar-refractivity contribution is 8.01. The summed E-state index contributed by atoms with van der Waals surface area (Å²) in [7, 11) is 0. The van der Waals surface area contributed by atoms with E-state index in [0.29, 0.717) is 14.7 Å². The van der Waals surface area contributed by atoms with Crippen LogP contribution < -0.4 is 0 Å². The molecule has 0 aliphatic heterocycles. The Morgan fingerprint density at radius 3 is 2.67 bits per heavy atom. The first-order valence-electron chi connectivity index (χ1n) is 8.74. The Hall–Kier alpha value is -1.47. The molecule has 138 valence electrons. The van der Waals surface area contributed by atoms with Crippen LogP contribution in [0, 0.1) is 3.95 Å². The van der Waals surface area contributed by atoms with Crippen molar-refractivity contribution in [1.29, 1.82) is 0 Å². The average Bonchev–Trinajstić information content (AvgIpc) is 3.07. The number of benzene rings is 2. The maximum atomic E-state index is 12.6. The van der Waals surface area contributed by atoms with E-state index in [2.05, 4.69) is 17.2 Å². The molecule has 1 aliphatic carbocycles. The van der Waals surface area contributed by atoms with Crippen LogP contribution in [0.2, 0.25) is 5.02 Å². The topological polar surface area (TPSA) is 34.9 Å². The van der Waals surface area contributed by atoms with Gasteiger partial charge in [-0.25, -0.2) is 4.68 Å². The van der Waals surface area contributed by atoms with Crippen molar-refractivity contribution in [3.63, 3.8) is 0 Å². The normalized spacial score (nSPS) is 13.4. The average molecular weight is 433 g/mol. The molecule has 1 aliphatic rings. The van der Waals surface area contributed by atoms with Crippen LogP contribution in [0.15, 0.2) is 46.8 Å². The van der Waals surface area contributed by atoms with Gasteiger partial charge in [-0.2, -0.15) is 0 Å². The molecule has 7 heteroatoms. The van der Waals surface area contributed by atoms with Gasteiger partial charge >= 0.3 is 0 Å². The maximum absolute atomic E-state index is 12.6. The molecule has 27 heavy (non-hydrogen) atoms. The van der Waals surface area contributed by atoms with Crippen molar-refractivity contribution in [3.8, 4) is 5.69 Å². The van der Waals surface area contributed by atoms with Crippen molar-refractivity contribution in [2.45, 2.75) is 30.0 Å². The predicted octanol–water partition coefficient (Wildman–Crippen LogP) is 6.17. The monoisotopic (exact) mass is 432 g/mol. The summed E-state index contributed by atoms with van der Waals surface area (Å²) in [5.41, 5.74) is 4.39. The van der Waals surface area contributed by atoms with Crippen molar-refractivity contribution in [3.05, 3.63) is 68.1 Å². The van der Waals surface area contributed by atoms with Crippen molar-refractivity contribution in [2.75, 3.05) is 5.75 Å². The number of ketones is 1. The van der Waals surface area contributed by atoms with Gasteiger partial charge in [-0.15, -0.1) is 5.10 Å². The van der Waals surface area contributed by atoms with E-state index in [1.54, 1.807) is 4.68 Å². The number of hydrogen-bond acceptors (Lipinski definition) is 5. The summed E-state index contributed by atoms with van der Waals surface area (Å²) in [4.78, 5) is 12.6. The van der Waals surface area contributed by atoms with Gasteiger partial charge in [0.15, 0.2) is 14.1 Å². The molecule has 0 unspecified atom stereocenters. The number of rotatable bonds is 5. The molecule has 0 amide bonds. The summed E-state index contributed by atoms with van der Waals surface area (Å²) < 4.78 is 3.16. The first-order valence-corrected chi connectivity index (χ1v) is 11.3. The molecule has 0 saturated heterocycles. The number of thioether (sulfide) groups is 1. The molecule has 3 nitrogen and oxygen atoms in total. The minimum absolute atomic E-state index is 0.132. The van der Waals surface area contributed by atoms with E-state index in [1.807, 2.05) is 30.3 Å². The molecule has 0 saturated carbocycles. The molecule has 2 aromatic carbocycles. The highest BCUT2D eigenvalue weighted by Crippen LogP contribution is 2.27. The number of nitrogens with zero attached hydrogens (tertiary/aromatic N) is 2. The van der Waals surface area contributed by atoms with Crippen LogP contribution in [0.1, 0.15) is 34.3 Å². The second-order valence-corrected chi connectivity index (χ2v) is 9.71. The van der Waals surface area contributed by atoms with Gasteiger partial charge in [0.05, 0.1) is 11.4 Å². The van der Waals surface area contributed by atoms with E-state index in [0.717, 1.165) is 28.4 Å². The Balaban J connectivity index is 1.46. The van der Waals surface area contributed by atoms with Crippen molar-refractivity contribution >= 4 is 52.7 Å². The lowest BCUT2D eigenvalue weighted by Gasteiger charge is -2.16. The first-order chi connectivity index (χ1) is 13.1. The zero-order chi connectivity index (χ0) is 18.8. The third kappa shape index (κ3) is 4.35. The van der Waals surface area contributed by atoms with Crippen LogP contribution in [-0.2, 0) is 12.8 Å². The molecule has 0 fully saturated rings. The maximum Gasteiger partial charge on any atom is 0.184 e. The molecule has 4 rings (SSSR count). The lowest BCUT2D eigenvalue weighted by molar-refractivity contribution is 0.102. The summed E-state index contributed by atoms with van der Waals surface area (Å²) in [6.07, 6.45) is 4.67. The fraction of sp³-hybridized carbons (Fsp3) is 0.250. The largest absolute Gasteiger partial charge is 0.293 e. The third-order valence-electron chi connectivity index (χ3n) is 4.60.